The normalized spacial score (nSPS) is 16.4. The van der Waals surface area contributed by atoms with E-state index in [1.165, 1.54) is 11.3 Å². The maximum absolute atomic E-state index is 5.58. The maximum Gasteiger partial charge on any atom is 0.197 e. The quantitative estimate of drug-likeness (QED) is 0.723. The van der Waals surface area contributed by atoms with Crippen molar-refractivity contribution in [2.75, 3.05) is 20.1 Å². The third-order valence-corrected chi connectivity index (χ3v) is 2.95. The van der Waals surface area contributed by atoms with Crippen molar-refractivity contribution in [1.29, 1.82) is 0 Å². The number of fused-ring (bicyclic) bond motifs is 1. The Hall–Kier alpha value is -0.780. The second-order valence-electron chi connectivity index (χ2n) is 3.97. The van der Waals surface area contributed by atoms with E-state index in [1.54, 1.807) is 0 Å². The van der Waals surface area contributed by atoms with E-state index >= 15 is 0 Å². The lowest BCUT2D eigenvalue weighted by Gasteiger charge is -2.25. The molecule has 3 N–H and O–H groups in total. The van der Waals surface area contributed by atoms with Gasteiger partial charge in [0.25, 0.3) is 0 Å². The van der Waals surface area contributed by atoms with Crippen molar-refractivity contribution in [3.63, 3.8) is 0 Å². The van der Waals surface area contributed by atoms with Gasteiger partial charge in [-0.2, -0.15) is 0 Å². The Morgan fingerprint density at radius 3 is 3.13 bits per heavy atom. The summed E-state index contributed by atoms with van der Waals surface area (Å²) in [6.07, 6.45) is 1.87. The molecule has 0 atom stereocenters. The number of nitrogens with one attached hydrogen (secondary N) is 1. The van der Waals surface area contributed by atoms with Gasteiger partial charge < -0.3 is 15.6 Å². The summed E-state index contributed by atoms with van der Waals surface area (Å²) in [4.78, 5) is 9.82. The van der Waals surface area contributed by atoms with Gasteiger partial charge in [-0.25, -0.2) is 4.98 Å². The molecule has 5 heteroatoms. The van der Waals surface area contributed by atoms with Gasteiger partial charge in [-0.05, 0) is 37.8 Å². The minimum Gasteiger partial charge on any atom is -0.333 e. The van der Waals surface area contributed by atoms with Crippen LogP contribution >= 0.6 is 12.2 Å². The van der Waals surface area contributed by atoms with E-state index in [0.717, 1.165) is 31.6 Å². The van der Waals surface area contributed by atoms with Crippen molar-refractivity contribution in [3.05, 3.63) is 21.7 Å². The molecule has 0 unspecified atom stereocenters. The van der Waals surface area contributed by atoms with E-state index in [2.05, 4.69) is 21.9 Å². The summed E-state index contributed by atoms with van der Waals surface area (Å²) in [5.41, 5.74) is 9.20. The molecule has 0 amide bonds. The molecular formula is C10H16N4S. The Morgan fingerprint density at radius 2 is 2.40 bits per heavy atom. The molecule has 2 heterocycles. The van der Waals surface area contributed by atoms with Gasteiger partial charge in [-0.15, -0.1) is 0 Å². The molecule has 0 bridgehead atoms. The first-order valence-corrected chi connectivity index (χ1v) is 5.61. The molecular weight excluding hydrogens is 208 g/mol. The number of H-pyrrole nitrogens is 1. The number of aromatic amines is 1. The first-order chi connectivity index (χ1) is 7.20. The number of nitrogens with two attached hydrogens (primary N) is 1. The highest BCUT2D eigenvalue weighted by Crippen LogP contribution is 2.18. The summed E-state index contributed by atoms with van der Waals surface area (Å²) >= 11 is 5.11. The molecule has 82 valence electrons. The zero-order valence-corrected chi connectivity index (χ0v) is 9.73. The summed E-state index contributed by atoms with van der Waals surface area (Å²) in [6, 6.07) is 0. The van der Waals surface area contributed by atoms with Gasteiger partial charge in [0.05, 0.1) is 0 Å². The topological polar surface area (TPSA) is 57.9 Å². The summed E-state index contributed by atoms with van der Waals surface area (Å²) < 4.78 is 0.576. The monoisotopic (exact) mass is 224 g/mol. The van der Waals surface area contributed by atoms with Crippen molar-refractivity contribution in [2.45, 2.75) is 19.4 Å². The van der Waals surface area contributed by atoms with Gasteiger partial charge in [0.1, 0.15) is 0 Å². The van der Waals surface area contributed by atoms with Crippen LogP contribution in [-0.4, -0.2) is 35.0 Å². The zero-order valence-electron chi connectivity index (χ0n) is 8.92. The van der Waals surface area contributed by atoms with Crippen LogP contribution in [-0.2, 0) is 19.4 Å². The Bertz CT molecular complexity index is 392. The fourth-order valence-corrected chi connectivity index (χ4v) is 2.26. The third kappa shape index (κ3) is 2.25. The van der Waals surface area contributed by atoms with E-state index in [1.807, 2.05) is 0 Å². The maximum atomic E-state index is 5.58. The van der Waals surface area contributed by atoms with Gasteiger partial charge >= 0.3 is 0 Å². The number of rotatable bonds is 2. The van der Waals surface area contributed by atoms with Crippen LogP contribution in [0.15, 0.2) is 0 Å². The average molecular weight is 224 g/mol. The second-order valence-corrected chi connectivity index (χ2v) is 4.36. The SMILES string of the molecule is CN1CCc2c(CCN)nc(=S)[nH]c2C1. The zero-order chi connectivity index (χ0) is 10.8. The predicted octanol–water partition coefficient (Wildman–Crippen LogP) is 0.628. The standard InChI is InChI=1S/C10H16N4S/c1-14-5-3-7-8(2-4-11)12-10(15)13-9(7)6-14/h2-6,11H2,1H3,(H,12,13,15). The van der Waals surface area contributed by atoms with Crippen molar-refractivity contribution < 1.29 is 0 Å². The molecule has 1 aromatic heterocycles. The van der Waals surface area contributed by atoms with Gasteiger partial charge in [0.15, 0.2) is 4.77 Å². The molecule has 0 saturated carbocycles. The molecule has 0 saturated heterocycles. The molecule has 1 aromatic rings. The van der Waals surface area contributed by atoms with Gasteiger partial charge in [-0.1, -0.05) is 0 Å². The van der Waals surface area contributed by atoms with E-state index in [0.29, 0.717) is 11.3 Å². The first kappa shape index (κ1) is 10.7. The molecule has 15 heavy (non-hydrogen) atoms. The van der Waals surface area contributed by atoms with Gasteiger partial charge in [0, 0.05) is 30.9 Å². The van der Waals surface area contributed by atoms with Crippen LogP contribution in [0.3, 0.4) is 0 Å². The van der Waals surface area contributed by atoms with Crippen LogP contribution in [0.25, 0.3) is 0 Å². The van der Waals surface area contributed by atoms with Crippen molar-refractivity contribution in [3.8, 4) is 0 Å². The number of hydrogen-bond acceptors (Lipinski definition) is 4. The van der Waals surface area contributed by atoms with Crippen LogP contribution in [0, 0.1) is 4.77 Å². The number of aromatic nitrogens is 2. The molecule has 1 aliphatic heterocycles. The lowest BCUT2D eigenvalue weighted by atomic mass is 10.0. The van der Waals surface area contributed by atoms with Gasteiger partial charge in [0.2, 0.25) is 0 Å². The average Bonchev–Trinajstić information content (AvgIpc) is 2.17. The van der Waals surface area contributed by atoms with Crippen LogP contribution < -0.4 is 5.73 Å². The van der Waals surface area contributed by atoms with Crippen LogP contribution in [0.5, 0.6) is 0 Å². The highest BCUT2D eigenvalue weighted by atomic mass is 32.1. The summed E-state index contributed by atoms with van der Waals surface area (Å²) in [5.74, 6) is 0. The fraction of sp³-hybridized carbons (Fsp3) is 0.600. The Morgan fingerprint density at radius 1 is 1.60 bits per heavy atom. The smallest absolute Gasteiger partial charge is 0.197 e. The summed E-state index contributed by atoms with van der Waals surface area (Å²) in [6.45, 7) is 2.64. The van der Waals surface area contributed by atoms with Crippen LogP contribution in [0.1, 0.15) is 17.0 Å². The van der Waals surface area contributed by atoms with Crippen LogP contribution in [0.2, 0.25) is 0 Å². The predicted molar refractivity (Wildman–Crippen MR) is 62.2 cm³/mol. The molecule has 0 spiro atoms. The lowest BCUT2D eigenvalue weighted by Crippen LogP contribution is -2.29. The van der Waals surface area contributed by atoms with Crippen molar-refractivity contribution in [1.82, 2.24) is 14.9 Å². The fourth-order valence-electron chi connectivity index (χ4n) is 2.02. The molecule has 1 aliphatic rings. The highest BCUT2D eigenvalue weighted by molar-refractivity contribution is 7.71. The van der Waals surface area contributed by atoms with E-state index in [-0.39, 0.29) is 0 Å². The summed E-state index contributed by atoms with van der Waals surface area (Å²) in [5, 5.41) is 0. The lowest BCUT2D eigenvalue weighted by molar-refractivity contribution is 0.305. The number of nitrogens with zero attached hydrogens (tertiary/aromatic N) is 2. The number of hydrogen-bond donors (Lipinski definition) is 2. The molecule has 2 rings (SSSR count). The second kappa shape index (κ2) is 4.38. The van der Waals surface area contributed by atoms with E-state index in [9.17, 15) is 0 Å². The molecule has 4 nitrogen and oxygen atoms in total. The van der Waals surface area contributed by atoms with Crippen LogP contribution in [0.4, 0.5) is 0 Å². The third-order valence-electron chi connectivity index (χ3n) is 2.76. The molecule has 0 radical (unpaired) electrons. The minimum atomic E-state index is 0.576. The molecule has 0 aliphatic carbocycles. The minimum absolute atomic E-state index is 0.576. The van der Waals surface area contributed by atoms with E-state index < -0.39 is 0 Å². The summed E-state index contributed by atoms with van der Waals surface area (Å²) in [7, 11) is 2.11. The largest absolute Gasteiger partial charge is 0.333 e. The highest BCUT2D eigenvalue weighted by Gasteiger charge is 2.17. The van der Waals surface area contributed by atoms with Crippen molar-refractivity contribution >= 4 is 12.2 Å². The molecule has 0 aromatic carbocycles. The Labute approximate surface area is 94.5 Å². The van der Waals surface area contributed by atoms with Crippen molar-refractivity contribution in [2.24, 2.45) is 5.73 Å². The first-order valence-electron chi connectivity index (χ1n) is 5.20. The molecule has 0 fully saturated rings. The Kier molecular flexibility index (Phi) is 3.14. The Balaban J connectivity index is 2.44. The number of likely N-dealkylation sites (N-methyl/N-ethyl adjacent to an activating group) is 1. The van der Waals surface area contributed by atoms with Gasteiger partial charge in [-0.3, -0.25) is 0 Å². The van der Waals surface area contributed by atoms with E-state index in [4.69, 9.17) is 18.0 Å².